The highest BCUT2D eigenvalue weighted by molar-refractivity contribution is 5.95. The molecule has 27 heavy (non-hydrogen) atoms. The summed E-state index contributed by atoms with van der Waals surface area (Å²) in [6, 6.07) is 22.6. The van der Waals surface area contributed by atoms with Gasteiger partial charge in [-0.25, -0.2) is 5.43 Å². The van der Waals surface area contributed by atoms with Crippen molar-refractivity contribution in [2.24, 2.45) is 5.10 Å². The van der Waals surface area contributed by atoms with E-state index in [0.717, 1.165) is 18.8 Å². The molecule has 0 fully saturated rings. The molecule has 0 atom stereocenters. The lowest BCUT2D eigenvalue weighted by Gasteiger charge is -2.18. The molecular weight excluding hydrogens is 338 g/mol. The van der Waals surface area contributed by atoms with Crippen molar-refractivity contribution in [2.45, 2.75) is 13.1 Å². The smallest absolute Gasteiger partial charge is 0.271 e. The summed E-state index contributed by atoms with van der Waals surface area (Å²) in [5.41, 5.74) is 7.45. The molecule has 0 aromatic heterocycles. The molecule has 2 N–H and O–H groups in total. The normalized spacial score (nSPS) is 13.0. The van der Waals surface area contributed by atoms with Crippen LogP contribution in [0.5, 0.6) is 5.75 Å². The Morgan fingerprint density at radius 3 is 2.44 bits per heavy atom. The Bertz CT molecular complexity index is 989. The van der Waals surface area contributed by atoms with E-state index in [1.165, 1.54) is 17.3 Å². The summed E-state index contributed by atoms with van der Waals surface area (Å²) >= 11 is 0. The summed E-state index contributed by atoms with van der Waals surface area (Å²) in [4.78, 5) is 14.6. The van der Waals surface area contributed by atoms with Crippen LogP contribution in [0.25, 0.3) is 0 Å². The van der Waals surface area contributed by atoms with Gasteiger partial charge in [0.05, 0.1) is 6.21 Å². The van der Waals surface area contributed by atoms with E-state index >= 15 is 0 Å². The number of anilines is 1. The lowest BCUT2D eigenvalue weighted by molar-refractivity contribution is 0.0955. The Morgan fingerprint density at radius 1 is 0.963 bits per heavy atom. The predicted molar refractivity (Wildman–Crippen MR) is 106 cm³/mol. The molecule has 1 aliphatic rings. The average Bonchev–Trinajstić information content (AvgIpc) is 3.12. The van der Waals surface area contributed by atoms with Gasteiger partial charge < -0.3 is 10.0 Å². The van der Waals surface area contributed by atoms with Gasteiger partial charge in [0.1, 0.15) is 5.75 Å². The number of hydrogen-bond donors (Lipinski definition) is 2. The van der Waals surface area contributed by atoms with E-state index in [2.05, 4.69) is 39.7 Å². The van der Waals surface area contributed by atoms with Crippen LogP contribution in [0.2, 0.25) is 0 Å². The summed E-state index contributed by atoms with van der Waals surface area (Å²) < 4.78 is 0. The molecule has 5 nitrogen and oxygen atoms in total. The van der Waals surface area contributed by atoms with Gasteiger partial charge in [0, 0.05) is 24.3 Å². The van der Waals surface area contributed by atoms with Gasteiger partial charge in [0.2, 0.25) is 0 Å². The van der Waals surface area contributed by atoms with Crippen molar-refractivity contribution in [1.29, 1.82) is 0 Å². The van der Waals surface area contributed by atoms with Crippen LogP contribution in [-0.2, 0) is 13.1 Å². The van der Waals surface area contributed by atoms with Gasteiger partial charge in [0.15, 0.2) is 0 Å². The molecule has 1 heterocycles. The van der Waals surface area contributed by atoms with Crippen molar-refractivity contribution in [2.75, 3.05) is 4.90 Å². The van der Waals surface area contributed by atoms with Gasteiger partial charge in [-0.15, -0.1) is 0 Å². The number of rotatable bonds is 4. The first-order valence-electron chi connectivity index (χ1n) is 8.73. The quantitative estimate of drug-likeness (QED) is 0.553. The second-order valence-electron chi connectivity index (χ2n) is 6.47. The first-order chi connectivity index (χ1) is 13.2. The van der Waals surface area contributed by atoms with Gasteiger partial charge in [0.25, 0.3) is 5.91 Å². The van der Waals surface area contributed by atoms with Crippen molar-refractivity contribution in [3.8, 4) is 5.75 Å². The number of carbonyl (C=O) groups is 1. The van der Waals surface area contributed by atoms with Crippen molar-refractivity contribution >= 4 is 17.8 Å². The number of phenolic OH excluding ortho intramolecular Hbond substituents is 1. The van der Waals surface area contributed by atoms with Crippen LogP contribution in [-0.4, -0.2) is 17.2 Å². The maximum absolute atomic E-state index is 12.4. The first kappa shape index (κ1) is 16.8. The Labute approximate surface area is 157 Å². The summed E-state index contributed by atoms with van der Waals surface area (Å²) in [6.07, 6.45) is 1.50. The zero-order valence-corrected chi connectivity index (χ0v) is 14.7. The average molecular weight is 357 g/mol. The molecule has 0 radical (unpaired) electrons. The molecular formula is C22H19N3O2. The van der Waals surface area contributed by atoms with E-state index in [1.807, 2.05) is 18.2 Å². The van der Waals surface area contributed by atoms with Crippen molar-refractivity contribution in [1.82, 2.24) is 5.43 Å². The van der Waals surface area contributed by atoms with Crippen molar-refractivity contribution in [3.05, 3.63) is 95.1 Å². The molecule has 134 valence electrons. The van der Waals surface area contributed by atoms with Crippen LogP contribution in [0.3, 0.4) is 0 Å². The topological polar surface area (TPSA) is 64.9 Å². The number of hydrogen-bond acceptors (Lipinski definition) is 4. The predicted octanol–water partition coefficient (Wildman–Crippen LogP) is 3.68. The van der Waals surface area contributed by atoms with E-state index < -0.39 is 0 Å². The fourth-order valence-corrected chi connectivity index (χ4v) is 3.19. The molecule has 0 spiro atoms. The van der Waals surface area contributed by atoms with Crippen LogP contribution in [0.4, 0.5) is 5.69 Å². The van der Waals surface area contributed by atoms with Gasteiger partial charge in [-0.05, 0) is 47.0 Å². The summed E-state index contributed by atoms with van der Waals surface area (Å²) in [7, 11) is 0. The zero-order chi connectivity index (χ0) is 18.6. The SMILES string of the molecule is O=C(N/N=C\c1cccc(O)c1)c1cccc(N2Cc3ccccc3C2)c1. The molecule has 1 amide bonds. The third-order valence-electron chi connectivity index (χ3n) is 4.56. The number of hydrazone groups is 1. The lowest BCUT2D eigenvalue weighted by Crippen LogP contribution is -2.19. The van der Waals surface area contributed by atoms with Gasteiger partial charge in [-0.2, -0.15) is 5.10 Å². The highest BCUT2D eigenvalue weighted by atomic mass is 16.3. The number of carbonyl (C=O) groups excluding carboxylic acids is 1. The van der Waals surface area contributed by atoms with Crippen LogP contribution in [0.15, 0.2) is 77.9 Å². The summed E-state index contributed by atoms with van der Waals surface area (Å²) in [5, 5.41) is 13.4. The second kappa shape index (κ2) is 7.33. The third-order valence-corrected chi connectivity index (χ3v) is 4.56. The molecule has 3 aromatic rings. The first-order valence-corrected chi connectivity index (χ1v) is 8.73. The third kappa shape index (κ3) is 3.82. The molecule has 1 aliphatic heterocycles. The Kier molecular flexibility index (Phi) is 4.58. The summed E-state index contributed by atoms with van der Waals surface area (Å²) in [5.74, 6) is -0.116. The van der Waals surface area contributed by atoms with E-state index in [9.17, 15) is 9.90 Å². The van der Waals surface area contributed by atoms with E-state index in [-0.39, 0.29) is 11.7 Å². The fraction of sp³-hybridized carbons (Fsp3) is 0.0909. The Morgan fingerprint density at radius 2 is 1.70 bits per heavy atom. The number of nitrogens with one attached hydrogen (secondary N) is 1. The van der Waals surface area contributed by atoms with Gasteiger partial charge >= 0.3 is 0 Å². The van der Waals surface area contributed by atoms with E-state index in [0.29, 0.717) is 11.1 Å². The van der Waals surface area contributed by atoms with Crippen LogP contribution in [0, 0.1) is 0 Å². The Balaban J connectivity index is 1.44. The number of nitrogens with zero attached hydrogens (tertiary/aromatic N) is 2. The largest absolute Gasteiger partial charge is 0.508 e. The van der Waals surface area contributed by atoms with Crippen molar-refractivity contribution < 1.29 is 9.90 Å². The molecule has 0 aliphatic carbocycles. The fourth-order valence-electron chi connectivity index (χ4n) is 3.19. The van der Waals surface area contributed by atoms with Gasteiger partial charge in [-0.3, -0.25) is 4.79 Å². The highest BCUT2D eigenvalue weighted by Gasteiger charge is 2.19. The van der Waals surface area contributed by atoms with Crippen LogP contribution >= 0.6 is 0 Å². The summed E-state index contributed by atoms with van der Waals surface area (Å²) in [6.45, 7) is 1.69. The second-order valence-corrected chi connectivity index (χ2v) is 6.47. The number of aromatic hydroxyl groups is 1. The number of phenols is 1. The minimum absolute atomic E-state index is 0.157. The maximum atomic E-state index is 12.4. The van der Waals surface area contributed by atoms with Crippen LogP contribution < -0.4 is 10.3 Å². The standard InChI is InChI=1S/C22H19N3O2/c26-21-10-3-5-16(11-21)13-23-24-22(27)17-8-4-9-20(12-17)25-14-18-6-1-2-7-19(18)15-25/h1-13,26H,14-15H2,(H,24,27)/b23-13-. The molecule has 0 saturated heterocycles. The lowest BCUT2D eigenvalue weighted by atomic mass is 10.1. The minimum Gasteiger partial charge on any atom is -0.508 e. The number of benzene rings is 3. The van der Waals surface area contributed by atoms with E-state index in [4.69, 9.17) is 0 Å². The monoisotopic (exact) mass is 357 g/mol. The number of fused-ring (bicyclic) bond motifs is 1. The van der Waals surface area contributed by atoms with Crippen LogP contribution in [0.1, 0.15) is 27.0 Å². The highest BCUT2D eigenvalue weighted by Crippen LogP contribution is 2.28. The number of amides is 1. The molecule has 5 heteroatoms. The molecule has 0 saturated carbocycles. The van der Waals surface area contributed by atoms with Gasteiger partial charge in [-0.1, -0.05) is 42.5 Å². The minimum atomic E-state index is -0.273. The molecule has 0 unspecified atom stereocenters. The molecule has 3 aromatic carbocycles. The Hall–Kier alpha value is -3.60. The maximum Gasteiger partial charge on any atom is 0.271 e. The zero-order valence-electron chi connectivity index (χ0n) is 14.7. The van der Waals surface area contributed by atoms with Crippen molar-refractivity contribution in [3.63, 3.8) is 0 Å². The molecule has 4 rings (SSSR count). The van der Waals surface area contributed by atoms with E-state index in [1.54, 1.807) is 30.3 Å². The molecule has 0 bridgehead atoms.